The van der Waals surface area contributed by atoms with E-state index < -0.39 is 35.0 Å². The highest BCUT2D eigenvalue weighted by molar-refractivity contribution is 5.98. The van der Waals surface area contributed by atoms with Crippen molar-refractivity contribution in [2.24, 2.45) is 5.92 Å². The van der Waals surface area contributed by atoms with Crippen LogP contribution in [-0.4, -0.2) is 42.4 Å². The number of hydrogen-bond acceptors (Lipinski definition) is 4. The average molecular weight is 340 g/mol. The molecule has 2 rings (SSSR count). The van der Waals surface area contributed by atoms with Gasteiger partial charge < -0.3 is 15.0 Å². The Morgan fingerprint density at radius 1 is 1.29 bits per heavy atom. The maximum atomic E-state index is 13.8. The molecule has 2 amide bonds. The van der Waals surface area contributed by atoms with Crippen molar-refractivity contribution in [2.45, 2.75) is 26.3 Å². The number of esters is 1. The zero-order valence-electron chi connectivity index (χ0n) is 13.6. The van der Waals surface area contributed by atoms with Crippen LogP contribution in [-0.2, 0) is 14.3 Å². The van der Waals surface area contributed by atoms with E-state index >= 15 is 0 Å². The van der Waals surface area contributed by atoms with Crippen LogP contribution >= 0.6 is 0 Å². The molecule has 130 valence electrons. The smallest absolute Gasteiger partial charge is 0.340 e. The molecular weight excluding hydrogens is 322 g/mol. The molecule has 0 saturated carbocycles. The second-order valence-corrected chi connectivity index (χ2v) is 5.83. The molecule has 1 aromatic carbocycles. The molecule has 1 N–H and O–H groups in total. The number of anilines is 1. The Hall–Kier alpha value is -2.51. The lowest BCUT2D eigenvalue weighted by molar-refractivity contribution is -0.129. The zero-order valence-corrected chi connectivity index (χ0v) is 13.6. The molecule has 6 nitrogen and oxygen atoms in total. The third-order valence-electron chi connectivity index (χ3n) is 3.87. The van der Waals surface area contributed by atoms with Gasteiger partial charge in [0.15, 0.2) is 0 Å². The van der Waals surface area contributed by atoms with Crippen molar-refractivity contribution in [3.05, 3.63) is 29.3 Å². The molecule has 0 radical (unpaired) electrons. The highest BCUT2D eigenvalue weighted by Crippen LogP contribution is 2.24. The second kappa shape index (κ2) is 6.94. The lowest BCUT2D eigenvalue weighted by Gasteiger charge is -2.20. The van der Waals surface area contributed by atoms with Crippen molar-refractivity contribution < 1.29 is 27.9 Å². The van der Waals surface area contributed by atoms with E-state index in [1.54, 1.807) is 4.90 Å². The third-order valence-corrected chi connectivity index (χ3v) is 3.87. The number of benzene rings is 1. The van der Waals surface area contributed by atoms with Crippen molar-refractivity contribution in [3.63, 3.8) is 0 Å². The fourth-order valence-electron chi connectivity index (χ4n) is 2.55. The molecule has 24 heavy (non-hydrogen) atoms. The molecule has 1 atom stereocenters. The zero-order chi connectivity index (χ0) is 18.0. The van der Waals surface area contributed by atoms with E-state index in [4.69, 9.17) is 0 Å². The van der Waals surface area contributed by atoms with Gasteiger partial charge in [0.1, 0.15) is 11.6 Å². The van der Waals surface area contributed by atoms with Crippen LogP contribution in [0.2, 0.25) is 0 Å². The Balaban J connectivity index is 2.18. The van der Waals surface area contributed by atoms with Gasteiger partial charge in [-0.1, -0.05) is 0 Å². The number of nitrogens with zero attached hydrogens (tertiary/aromatic N) is 1. The molecule has 1 saturated heterocycles. The second-order valence-electron chi connectivity index (χ2n) is 5.83. The number of hydrogen-bond donors (Lipinski definition) is 1. The number of nitrogens with one attached hydrogen (secondary N) is 1. The summed E-state index contributed by atoms with van der Waals surface area (Å²) in [4.78, 5) is 37.1. The fourth-order valence-corrected chi connectivity index (χ4v) is 2.55. The van der Waals surface area contributed by atoms with Crippen molar-refractivity contribution in [1.82, 2.24) is 4.90 Å². The van der Waals surface area contributed by atoms with Crippen molar-refractivity contribution in [2.75, 3.05) is 19.0 Å². The quantitative estimate of drug-likeness (QED) is 0.850. The summed E-state index contributed by atoms with van der Waals surface area (Å²) in [6.07, 6.45) is 0.0245. The molecule has 1 aliphatic heterocycles. The van der Waals surface area contributed by atoms with Crippen LogP contribution in [0.3, 0.4) is 0 Å². The lowest BCUT2D eigenvalue weighted by Crippen LogP contribution is -2.33. The third kappa shape index (κ3) is 3.52. The van der Waals surface area contributed by atoms with Crippen LogP contribution in [0.15, 0.2) is 12.1 Å². The predicted octanol–water partition coefficient (Wildman–Crippen LogP) is 1.95. The Bertz CT molecular complexity index is 691. The predicted molar refractivity (Wildman–Crippen MR) is 81.3 cm³/mol. The highest BCUT2D eigenvalue weighted by atomic mass is 19.1. The number of amides is 2. The molecule has 1 heterocycles. The van der Waals surface area contributed by atoms with Crippen LogP contribution < -0.4 is 5.32 Å². The SMILES string of the molecule is COC(=O)c1cc(NC(=O)C2CC(=O)N(C(C)C)C2)c(F)cc1F. The first-order valence-corrected chi connectivity index (χ1v) is 7.42. The van der Waals surface area contributed by atoms with Crippen LogP contribution in [0.25, 0.3) is 0 Å². The van der Waals surface area contributed by atoms with Crippen LogP contribution in [0.1, 0.15) is 30.6 Å². The van der Waals surface area contributed by atoms with Gasteiger partial charge in [0.2, 0.25) is 11.8 Å². The van der Waals surface area contributed by atoms with Gasteiger partial charge in [-0.2, -0.15) is 0 Å². The molecular formula is C16H18F2N2O4. The molecule has 1 aromatic rings. The molecule has 1 aliphatic rings. The maximum Gasteiger partial charge on any atom is 0.340 e. The number of ether oxygens (including phenoxy) is 1. The summed E-state index contributed by atoms with van der Waals surface area (Å²) in [7, 11) is 1.06. The molecule has 1 fully saturated rings. The van der Waals surface area contributed by atoms with E-state index in [0.717, 1.165) is 13.2 Å². The van der Waals surface area contributed by atoms with E-state index in [-0.39, 0.29) is 30.6 Å². The molecule has 0 aromatic heterocycles. The monoisotopic (exact) mass is 340 g/mol. The Labute approximate surface area is 137 Å². The highest BCUT2D eigenvalue weighted by Gasteiger charge is 2.35. The van der Waals surface area contributed by atoms with Crippen LogP contribution in [0.5, 0.6) is 0 Å². The van der Waals surface area contributed by atoms with Gasteiger partial charge in [0, 0.05) is 25.1 Å². The van der Waals surface area contributed by atoms with Crippen molar-refractivity contribution in [1.29, 1.82) is 0 Å². The Kier molecular flexibility index (Phi) is 5.16. The number of rotatable bonds is 4. The minimum absolute atomic E-state index is 0.0245. The van der Waals surface area contributed by atoms with Gasteiger partial charge in [0.25, 0.3) is 0 Å². The van der Waals surface area contributed by atoms with Crippen molar-refractivity contribution in [3.8, 4) is 0 Å². The molecule has 8 heteroatoms. The van der Waals surface area contributed by atoms with E-state index in [2.05, 4.69) is 10.1 Å². The maximum absolute atomic E-state index is 13.8. The molecule has 0 spiro atoms. The van der Waals surface area contributed by atoms with E-state index in [9.17, 15) is 23.2 Å². The summed E-state index contributed by atoms with van der Waals surface area (Å²) in [5, 5.41) is 2.31. The number of methoxy groups -OCH3 is 1. The van der Waals surface area contributed by atoms with Gasteiger partial charge in [-0.3, -0.25) is 9.59 Å². The fraction of sp³-hybridized carbons (Fsp3) is 0.438. The first-order chi connectivity index (χ1) is 11.2. The summed E-state index contributed by atoms with van der Waals surface area (Å²) in [6, 6.07) is 1.34. The van der Waals surface area contributed by atoms with Crippen molar-refractivity contribution >= 4 is 23.5 Å². The Morgan fingerprint density at radius 2 is 1.96 bits per heavy atom. The molecule has 0 aliphatic carbocycles. The number of halogens is 2. The largest absolute Gasteiger partial charge is 0.465 e. The van der Waals surface area contributed by atoms with Gasteiger partial charge in [-0.15, -0.1) is 0 Å². The lowest BCUT2D eigenvalue weighted by atomic mass is 10.1. The number of carbonyl (C=O) groups excluding carboxylic acids is 3. The normalized spacial score (nSPS) is 17.3. The summed E-state index contributed by atoms with van der Waals surface area (Å²) in [5.41, 5.74) is -0.822. The molecule has 0 bridgehead atoms. The summed E-state index contributed by atoms with van der Waals surface area (Å²) in [6.45, 7) is 3.90. The standard InChI is InChI=1S/C16H18F2N2O4/c1-8(2)20-7-9(4-14(20)21)15(22)19-13-5-10(16(23)24-3)11(17)6-12(13)18/h5-6,8-9H,4,7H2,1-3H3,(H,19,22). The summed E-state index contributed by atoms with van der Waals surface area (Å²) in [5.74, 6) is -4.43. The first-order valence-electron chi connectivity index (χ1n) is 7.42. The molecule has 1 unspecified atom stereocenters. The minimum atomic E-state index is -1.08. The first kappa shape index (κ1) is 17.8. The average Bonchev–Trinajstić information content (AvgIpc) is 2.91. The van der Waals surface area contributed by atoms with E-state index in [0.29, 0.717) is 6.07 Å². The minimum Gasteiger partial charge on any atom is -0.465 e. The van der Waals surface area contributed by atoms with Gasteiger partial charge in [-0.25, -0.2) is 13.6 Å². The van der Waals surface area contributed by atoms with E-state index in [1.165, 1.54) is 0 Å². The van der Waals surface area contributed by atoms with Gasteiger partial charge in [-0.05, 0) is 19.9 Å². The summed E-state index contributed by atoms with van der Waals surface area (Å²) >= 11 is 0. The number of carbonyl (C=O) groups is 3. The van der Waals surface area contributed by atoms with Gasteiger partial charge >= 0.3 is 5.97 Å². The van der Waals surface area contributed by atoms with Crippen LogP contribution in [0, 0.1) is 17.6 Å². The Morgan fingerprint density at radius 3 is 2.50 bits per heavy atom. The summed E-state index contributed by atoms with van der Waals surface area (Å²) < 4.78 is 31.8. The van der Waals surface area contributed by atoms with Crippen LogP contribution in [0.4, 0.5) is 14.5 Å². The van der Waals surface area contributed by atoms with E-state index in [1.807, 2.05) is 13.8 Å². The topological polar surface area (TPSA) is 75.7 Å². The number of likely N-dealkylation sites (tertiary alicyclic amines) is 1. The van der Waals surface area contributed by atoms with Gasteiger partial charge in [0.05, 0.1) is 24.3 Å².